The molecule has 462 valence electrons. The minimum Gasteiger partial charge on any atom is -0.462 e. The van der Waals surface area contributed by atoms with Crippen LogP contribution >= 0.6 is 0 Å². The molecular weight excluding hydrogens is 997 g/mol. The van der Waals surface area contributed by atoms with Crippen LogP contribution in [0.25, 0.3) is 0 Å². The van der Waals surface area contributed by atoms with Gasteiger partial charge in [-0.3, -0.25) is 14.4 Å². The van der Waals surface area contributed by atoms with Gasteiger partial charge in [0.2, 0.25) is 0 Å². The highest BCUT2D eigenvalue weighted by molar-refractivity contribution is 5.71. The van der Waals surface area contributed by atoms with Gasteiger partial charge in [-0.1, -0.05) is 290 Å². The topological polar surface area (TPSA) is 78.9 Å². The van der Waals surface area contributed by atoms with E-state index in [1.165, 1.54) is 167 Å². The van der Waals surface area contributed by atoms with Crippen molar-refractivity contribution in [1.82, 2.24) is 0 Å². The van der Waals surface area contributed by atoms with Crippen molar-refractivity contribution in [3.63, 3.8) is 0 Å². The molecule has 0 aromatic heterocycles. The average molecular weight is 1120 g/mol. The highest BCUT2D eigenvalue weighted by Crippen LogP contribution is 2.16. The Hall–Kier alpha value is -4.19. The fraction of sp³-hybridized carbons (Fsp3) is 0.693. The minimum atomic E-state index is -0.816. The van der Waals surface area contributed by atoms with E-state index in [4.69, 9.17) is 14.2 Å². The SMILES string of the molecule is CC/C=C\C/C=C\C/C=C\C/C=C\C/C=C\CCCC(=O)OC(COC(=O)CCCCCCCCC/C=C\C/C=C\CCCCC)COC(=O)CCCCCCCCCCCCCCCC/C=C\C/C=C\C/C=C\CCCCCCC. The van der Waals surface area contributed by atoms with Crippen LogP contribution in [-0.2, 0) is 28.6 Å². The molecule has 0 saturated heterocycles. The maximum atomic E-state index is 12.9. The van der Waals surface area contributed by atoms with Crippen molar-refractivity contribution in [3.8, 4) is 0 Å². The van der Waals surface area contributed by atoms with Gasteiger partial charge in [0.25, 0.3) is 0 Å². The van der Waals surface area contributed by atoms with E-state index in [2.05, 4.69) is 142 Å². The predicted octanol–water partition coefficient (Wildman–Crippen LogP) is 23.6. The van der Waals surface area contributed by atoms with Crippen LogP contribution in [0.3, 0.4) is 0 Å². The molecule has 1 unspecified atom stereocenters. The fourth-order valence-corrected chi connectivity index (χ4v) is 9.34. The maximum absolute atomic E-state index is 12.9. The first-order valence-corrected chi connectivity index (χ1v) is 34.0. The zero-order chi connectivity index (χ0) is 58.5. The first-order valence-electron chi connectivity index (χ1n) is 34.0. The molecule has 0 spiro atoms. The molecule has 0 aromatic carbocycles. The van der Waals surface area contributed by atoms with Crippen LogP contribution in [0.2, 0.25) is 0 Å². The lowest BCUT2D eigenvalue weighted by Gasteiger charge is -2.18. The van der Waals surface area contributed by atoms with Gasteiger partial charge in [-0.05, 0) is 128 Å². The Morgan fingerprint density at radius 2 is 0.494 bits per heavy atom. The van der Waals surface area contributed by atoms with Crippen LogP contribution in [0.4, 0.5) is 0 Å². The fourth-order valence-electron chi connectivity index (χ4n) is 9.34. The third-order valence-corrected chi connectivity index (χ3v) is 14.4. The number of carbonyl (C=O) groups is 3. The molecule has 0 aliphatic rings. The molecule has 0 N–H and O–H groups in total. The standard InChI is InChI=1S/C75H126O6/c1-4-7-10-13-16-19-22-25-28-31-32-33-34-35-36-37-38-39-40-41-42-45-47-50-53-56-59-62-65-68-74(77)80-71-72(81-75(78)69-66-63-60-57-54-51-48-44-30-27-24-21-18-15-12-9-6-3)70-79-73(76)67-64-61-58-55-52-49-46-43-29-26-23-20-17-14-11-8-5-2/h9,12,17-18,20-22,25-27,29-32,34-35,48,51,57,60,72H,4-8,10-11,13-16,19,23-24,28,33,36-47,49-50,52-56,58-59,61-71H2,1-3H3/b12-9-,20-17-,21-18-,25-22-,29-26-,30-27-,32-31-,35-34-,51-48-,60-57-. The Morgan fingerprint density at radius 1 is 0.259 bits per heavy atom. The molecule has 81 heavy (non-hydrogen) atoms. The maximum Gasteiger partial charge on any atom is 0.306 e. The summed E-state index contributed by atoms with van der Waals surface area (Å²) in [6, 6.07) is 0. The van der Waals surface area contributed by atoms with Crippen LogP contribution in [0.15, 0.2) is 122 Å². The van der Waals surface area contributed by atoms with E-state index in [-0.39, 0.29) is 37.5 Å². The van der Waals surface area contributed by atoms with E-state index >= 15 is 0 Å². The monoisotopic (exact) mass is 1120 g/mol. The molecule has 1 atom stereocenters. The summed E-state index contributed by atoms with van der Waals surface area (Å²) < 4.78 is 16.9. The average Bonchev–Trinajstić information content (AvgIpc) is 3.47. The lowest BCUT2D eigenvalue weighted by molar-refractivity contribution is -0.167. The predicted molar refractivity (Wildman–Crippen MR) is 353 cm³/mol. The second-order valence-electron chi connectivity index (χ2n) is 22.3. The number of carbonyl (C=O) groups excluding carboxylic acids is 3. The van der Waals surface area contributed by atoms with Crippen molar-refractivity contribution in [2.75, 3.05) is 13.2 Å². The highest BCUT2D eigenvalue weighted by Gasteiger charge is 2.19. The van der Waals surface area contributed by atoms with Gasteiger partial charge >= 0.3 is 17.9 Å². The number of hydrogen-bond acceptors (Lipinski definition) is 6. The first-order chi connectivity index (χ1) is 40.0. The number of hydrogen-bond donors (Lipinski definition) is 0. The molecular formula is C75H126O6. The molecule has 0 radical (unpaired) electrons. The normalized spacial score (nSPS) is 12.9. The van der Waals surface area contributed by atoms with Gasteiger partial charge in [-0.2, -0.15) is 0 Å². The van der Waals surface area contributed by atoms with Crippen molar-refractivity contribution in [2.24, 2.45) is 0 Å². The Morgan fingerprint density at radius 3 is 0.815 bits per heavy atom. The molecule has 0 bridgehead atoms. The summed E-state index contributed by atoms with van der Waals surface area (Å²) in [5, 5.41) is 0. The van der Waals surface area contributed by atoms with Crippen molar-refractivity contribution >= 4 is 17.9 Å². The van der Waals surface area contributed by atoms with Gasteiger partial charge in [-0.15, -0.1) is 0 Å². The zero-order valence-electron chi connectivity index (χ0n) is 53.0. The van der Waals surface area contributed by atoms with E-state index < -0.39 is 6.10 Å². The van der Waals surface area contributed by atoms with Crippen LogP contribution < -0.4 is 0 Å². The van der Waals surface area contributed by atoms with Crippen LogP contribution in [0.1, 0.15) is 316 Å². The third kappa shape index (κ3) is 66.5. The molecule has 0 aromatic rings. The Kier molecular flexibility index (Phi) is 64.8. The summed E-state index contributed by atoms with van der Waals surface area (Å²) >= 11 is 0. The van der Waals surface area contributed by atoms with E-state index in [0.29, 0.717) is 19.3 Å². The van der Waals surface area contributed by atoms with Gasteiger partial charge in [0.1, 0.15) is 13.2 Å². The van der Waals surface area contributed by atoms with Crippen molar-refractivity contribution in [2.45, 2.75) is 322 Å². The van der Waals surface area contributed by atoms with Crippen molar-refractivity contribution in [1.29, 1.82) is 0 Å². The summed E-state index contributed by atoms with van der Waals surface area (Å²) in [4.78, 5) is 38.4. The lowest BCUT2D eigenvalue weighted by atomic mass is 10.0. The second kappa shape index (κ2) is 68.3. The Labute approximate surface area is 501 Å². The van der Waals surface area contributed by atoms with Crippen molar-refractivity contribution in [3.05, 3.63) is 122 Å². The minimum absolute atomic E-state index is 0.105. The summed E-state index contributed by atoms with van der Waals surface area (Å²) in [6.07, 6.45) is 95.1. The molecule has 0 rings (SSSR count). The smallest absolute Gasteiger partial charge is 0.306 e. The van der Waals surface area contributed by atoms with Gasteiger partial charge in [0.05, 0.1) is 0 Å². The molecule has 0 saturated carbocycles. The zero-order valence-corrected chi connectivity index (χ0v) is 53.0. The Balaban J connectivity index is 4.36. The van der Waals surface area contributed by atoms with Gasteiger partial charge in [0.15, 0.2) is 6.10 Å². The van der Waals surface area contributed by atoms with E-state index in [0.717, 1.165) is 103 Å². The summed E-state index contributed by atoms with van der Waals surface area (Å²) in [7, 11) is 0. The van der Waals surface area contributed by atoms with Crippen LogP contribution in [0.5, 0.6) is 0 Å². The Bertz CT molecular complexity index is 1670. The molecule has 6 nitrogen and oxygen atoms in total. The number of ether oxygens (including phenoxy) is 3. The largest absolute Gasteiger partial charge is 0.462 e. The summed E-state index contributed by atoms with van der Waals surface area (Å²) in [6.45, 7) is 6.46. The molecule has 0 amide bonds. The first kappa shape index (κ1) is 76.8. The van der Waals surface area contributed by atoms with Crippen LogP contribution in [-0.4, -0.2) is 37.2 Å². The van der Waals surface area contributed by atoms with E-state index in [9.17, 15) is 14.4 Å². The van der Waals surface area contributed by atoms with Gasteiger partial charge in [0, 0.05) is 19.3 Å². The number of unbranched alkanes of at least 4 members (excludes halogenated alkanes) is 30. The third-order valence-electron chi connectivity index (χ3n) is 14.4. The number of esters is 3. The van der Waals surface area contributed by atoms with Gasteiger partial charge < -0.3 is 14.2 Å². The molecule has 6 heteroatoms. The molecule has 0 aliphatic carbocycles. The van der Waals surface area contributed by atoms with Crippen molar-refractivity contribution < 1.29 is 28.6 Å². The molecule has 0 fully saturated rings. The van der Waals surface area contributed by atoms with Gasteiger partial charge in [-0.25, -0.2) is 0 Å². The van der Waals surface area contributed by atoms with E-state index in [1.54, 1.807) is 0 Å². The lowest BCUT2D eigenvalue weighted by Crippen LogP contribution is -2.30. The summed E-state index contributed by atoms with van der Waals surface area (Å²) in [5.41, 5.74) is 0. The van der Waals surface area contributed by atoms with E-state index in [1.807, 2.05) is 0 Å². The number of rotatable bonds is 61. The second-order valence-corrected chi connectivity index (χ2v) is 22.3. The highest BCUT2D eigenvalue weighted by atomic mass is 16.6. The molecule has 0 aliphatic heterocycles. The molecule has 0 heterocycles. The van der Waals surface area contributed by atoms with Crippen LogP contribution in [0, 0.1) is 0 Å². The summed E-state index contributed by atoms with van der Waals surface area (Å²) in [5.74, 6) is -0.965. The number of allylic oxidation sites excluding steroid dienone is 20. The quantitative estimate of drug-likeness (QED) is 0.0261.